The maximum Gasteiger partial charge on any atom is 0.321 e. The van der Waals surface area contributed by atoms with Gasteiger partial charge in [-0.05, 0) is 37.1 Å². The van der Waals surface area contributed by atoms with Crippen molar-refractivity contribution in [2.45, 2.75) is 38.6 Å². The van der Waals surface area contributed by atoms with Crippen LogP contribution in [0.25, 0.3) is 0 Å². The summed E-state index contributed by atoms with van der Waals surface area (Å²) in [5.74, 6) is -2.39. The Balaban J connectivity index is 2.59. The maximum atomic E-state index is 13.0. The predicted octanol–water partition coefficient (Wildman–Crippen LogP) is 2.74. The van der Waals surface area contributed by atoms with Crippen molar-refractivity contribution in [1.82, 2.24) is 5.32 Å². The van der Waals surface area contributed by atoms with Gasteiger partial charge in [0.1, 0.15) is 17.7 Å². The average Bonchev–Trinajstić information content (AvgIpc) is 2.31. The molecular weight excluding hydrogens is 252 g/mol. The first-order valence-electron chi connectivity index (χ1n) is 6.44. The van der Waals surface area contributed by atoms with Crippen LogP contribution in [0.3, 0.4) is 0 Å². The van der Waals surface area contributed by atoms with Crippen LogP contribution in [0.4, 0.5) is 8.78 Å². The molecule has 0 aliphatic heterocycles. The minimum absolute atomic E-state index is 0.0656. The monoisotopic (exact) mass is 271 g/mol. The van der Waals surface area contributed by atoms with Gasteiger partial charge in [0.25, 0.3) is 0 Å². The molecule has 0 radical (unpaired) electrons. The van der Waals surface area contributed by atoms with Gasteiger partial charge in [-0.1, -0.05) is 19.8 Å². The summed E-state index contributed by atoms with van der Waals surface area (Å²) in [7, 11) is 0. The van der Waals surface area contributed by atoms with E-state index in [0.717, 1.165) is 37.5 Å². The van der Waals surface area contributed by atoms with E-state index in [2.05, 4.69) is 12.2 Å². The van der Waals surface area contributed by atoms with E-state index in [-0.39, 0.29) is 6.42 Å². The Morgan fingerprint density at radius 2 is 1.89 bits per heavy atom. The van der Waals surface area contributed by atoms with Crippen molar-refractivity contribution in [2.24, 2.45) is 0 Å². The number of aliphatic carboxylic acids is 1. The number of benzene rings is 1. The van der Waals surface area contributed by atoms with E-state index < -0.39 is 23.6 Å². The molecule has 19 heavy (non-hydrogen) atoms. The summed E-state index contributed by atoms with van der Waals surface area (Å²) >= 11 is 0. The molecule has 0 saturated heterocycles. The molecule has 0 unspecified atom stereocenters. The van der Waals surface area contributed by atoms with E-state index in [1.165, 1.54) is 0 Å². The van der Waals surface area contributed by atoms with Crippen LogP contribution < -0.4 is 5.32 Å². The van der Waals surface area contributed by atoms with E-state index in [1.807, 2.05) is 0 Å². The van der Waals surface area contributed by atoms with E-state index >= 15 is 0 Å². The molecule has 0 fully saturated rings. The lowest BCUT2D eigenvalue weighted by Gasteiger charge is -2.14. The van der Waals surface area contributed by atoms with E-state index in [9.17, 15) is 13.6 Å². The zero-order chi connectivity index (χ0) is 14.3. The van der Waals surface area contributed by atoms with Gasteiger partial charge in [0, 0.05) is 6.07 Å². The first kappa shape index (κ1) is 15.6. The second kappa shape index (κ2) is 7.84. The van der Waals surface area contributed by atoms with Crippen LogP contribution in [-0.4, -0.2) is 23.7 Å². The lowest BCUT2D eigenvalue weighted by molar-refractivity contribution is -0.139. The highest BCUT2D eigenvalue weighted by Gasteiger charge is 2.17. The van der Waals surface area contributed by atoms with Crippen LogP contribution in [0, 0.1) is 11.6 Å². The molecular formula is C14H19F2NO2. The molecule has 106 valence electrons. The van der Waals surface area contributed by atoms with Gasteiger partial charge >= 0.3 is 5.97 Å². The largest absolute Gasteiger partial charge is 0.480 e. The number of unbranched alkanes of at least 4 members (excludes halogenated alkanes) is 2. The normalized spacial score (nSPS) is 12.4. The third-order valence-electron chi connectivity index (χ3n) is 2.83. The van der Waals surface area contributed by atoms with Crippen LogP contribution in [0.5, 0.6) is 0 Å². The van der Waals surface area contributed by atoms with Crippen LogP contribution in [0.1, 0.15) is 31.7 Å². The number of halogens is 2. The summed E-state index contributed by atoms with van der Waals surface area (Å²) in [4.78, 5) is 11.1. The summed E-state index contributed by atoms with van der Waals surface area (Å²) in [6, 6.07) is 2.27. The minimum Gasteiger partial charge on any atom is -0.480 e. The molecule has 5 heteroatoms. The fourth-order valence-electron chi connectivity index (χ4n) is 1.86. The van der Waals surface area contributed by atoms with Gasteiger partial charge in [-0.2, -0.15) is 0 Å². The highest BCUT2D eigenvalue weighted by atomic mass is 19.1. The molecule has 0 spiro atoms. The Hall–Kier alpha value is -1.49. The zero-order valence-corrected chi connectivity index (χ0v) is 11.0. The predicted molar refractivity (Wildman–Crippen MR) is 69.0 cm³/mol. The van der Waals surface area contributed by atoms with Gasteiger partial charge in [0.2, 0.25) is 0 Å². The van der Waals surface area contributed by atoms with Crippen LogP contribution in [0.15, 0.2) is 18.2 Å². The van der Waals surface area contributed by atoms with Gasteiger partial charge in [0.05, 0.1) is 0 Å². The fourth-order valence-corrected chi connectivity index (χ4v) is 1.86. The van der Waals surface area contributed by atoms with Crippen LogP contribution in [-0.2, 0) is 11.2 Å². The van der Waals surface area contributed by atoms with E-state index in [4.69, 9.17) is 5.11 Å². The Bertz CT molecular complexity index is 404. The Morgan fingerprint density at radius 1 is 1.26 bits per heavy atom. The number of carboxylic acid groups (broad SMARTS) is 1. The van der Waals surface area contributed by atoms with E-state index in [1.54, 1.807) is 0 Å². The highest BCUT2D eigenvalue weighted by Crippen LogP contribution is 2.10. The molecule has 0 heterocycles. The third-order valence-corrected chi connectivity index (χ3v) is 2.83. The van der Waals surface area contributed by atoms with Crippen LogP contribution in [0.2, 0.25) is 0 Å². The Labute approximate surface area is 111 Å². The molecule has 1 aromatic rings. The van der Waals surface area contributed by atoms with Gasteiger partial charge in [-0.3, -0.25) is 4.79 Å². The second-order valence-electron chi connectivity index (χ2n) is 4.53. The molecule has 0 saturated carbocycles. The summed E-state index contributed by atoms with van der Waals surface area (Å²) in [6.45, 7) is 2.65. The van der Waals surface area contributed by atoms with Crippen molar-refractivity contribution in [3.8, 4) is 0 Å². The molecule has 0 aliphatic rings. The number of hydrogen-bond acceptors (Lipinski definition) is 2. The lowest BCUT2D eigenvalue weighted by atomic mass is 10.1. The molecule has 1 atom stereocenters. The highest BCUT2D eigenvalue weighted by molar-refractivity contribution is 5.73. The van der Waals surface area contributed by atoms with Gasteiger partial charge in [-0.25, -0.2) is 8.78 Å². The summed E-state index contributed by atoms with van der Waals surface area (Å²) in [5.41, 5.74) is 0.341. The molecule has 0 amide bonds. The van der Waals surface area contributed by atoms with Crippen molar-refractivity contribution in [3.63, 3.8) is 0 Å². The summed E-state index contributed by atoms with van der Waals surface area (Å²) in [5, 5.41) is 12.0. The van der Waals surface area contributed by atoms with Crippen molar-refractivity contribution in [3.05, 3.63) is 35.4 Å². The zero-order valence-electron chi connectivity index (χ0n) is 11.0. The molecule has 3 nitrogen and oxygen atoms in total. The molecule has 0 aliphatic carbocycles. The minimum atomic E-state index is -1.01. The third kappa shape index (κ3) is 5.79. The molecule has 2 N–H and O–H groups in total. The molecule has 0 aromatic heterocycles. The van der Waals surface area contributed by atoms with Gasteiger partial charge in [-0.15, -0.1) is 0 Å². The smallest absolute Gasteiger partial charge is 0.321 e. The van der Waals surface area contributed by atoms with Crippen LogP contribution >= 0.6 is 0 Å². The SMILES string of the molecule is CCCCCN[C@@H](Cc1cc(F)cc(F)c1)C(=O)O. The van der Waals surface area contributed by atoms with Crippen molar-refractivity contribution in [1.29, 1.82) is 0 Å². The van der Waals surface area contributed by atoms with Crippen molar-refractivity contribution < 1.29 is 18.7 Å². The number of nitrogens with one attached hydrogen (secondary N) is 1. The number of hydrogen-bond donors (Lipinski definition) is 2. The Kier molecular flexibility index (Phi) is 6.42. The quantitative estimate of drug-likeness (QED) is 0.715. The number of carbonyl (C=O) groups is 1. The molecule has 0 bridgehead atoms. The topological polar surface area (TPSA) is 49.3 Å². The standard InChI is InChI=1S/C14H19F2NO2/c1-2-3-4-5-17-13(14(18)19)8-10-6-11(15)9-12(16)7-10/h6-7,9,13,17H,2-5,8H2,1H3,(H,18,19)/t13-/m0/s1. The molecule has 1 rings (SSSR count). The van der Waals surface area contributed by atoms with Gasteiger partial charge in [0.15, 0.2) is 0 Å². The Morgan fingerprint density at radius 3 is 2.42 bits per heavy atom. The summed E-state index contributed by atoms with van der Waals surface area (Å²) < 4.78 is 26.0. The fraction of sp³-hybridized carbons (Fsp3) is 0.500. The first-order valence-corrected chi connectivity index (χ1v) is 6.44. The maximum absolute atomic E-state index is 13.0. The number of rotatable bonds is 8. The van der Waals surface area contributed by atoms with Crippen molar-refractivity contribution in [2.75, 3.05) is 6.54 Å². The van der Waals surface area contributed by atoms with E-state index in [0.29, 0.717) is 12.1 Å². The second-order valence-corrected chi connectivity index (χ2v) is 4.53. The lowest BCUT2D eigenvalue weighted by Crippen LogP contribution is -2.39. The summed E-state index contributed by atoms with van der Waals surface area (Å²) in [6.07, 6.45) is 3.02. The van der Waals surface area contributed by atoms with Crippen molar-refractivity contribution >= 4 is 5.97 Å². The first-order chi connectivity index (χ1) is 9.02. The number of carboxylic acids is 1. The average molecular weight is 271 g/mol. The molecule has 1 aromatic carbocycles. The van der Waals surface area contributed by atoms with Gasteiger partial charge < -0.3 is 10.4 Å².